The first-order valence-corrected chi connectivity index (χ1v) is 12.3. The quantitative estimate of drug-likeness (QED) is 0.613. The van der Waals surface area contributed by atoms with E-state index in [4.69, 9.17) is 4.74 Å². The van der Waals surface area contributed by atoms with E-state index in [0.29, 0.717) is 24.6 Å². The average molecular weight is 457 g/mol. The van der Waals surface area contributed by atoms with Crippen molar-refractivity contribution in [1.29, 1.82) is 0 Å². The van der Waals surface area contributed by atoms with Crippen LogP contribution in [0.25, 0.3) is 11.0 Å². The Kier molecular flexibility index (Phi) is 6.32. The van der Waals surface area contributed by atoms with Crippen molar-refractivity contribution in [2.45, 2.75) is 50.8 Å². The highest BCUT2D eigenvalue weighted by atomic mass is 32.2. The van der Waals surface area contributed by atoms with Crippen molar-refractivity contribution in [3.05, 3.63) is 54.1 Å². The third-order valence-electron chi connectivity index (χ3n) is 5.47. The molecule has 1 aromatic heterocycles. The van der Waals surface area contributed by atoms with Gasteiger partial charge in [0, 0.05) is 25.2 Å². The van der Waals surface area contributed by atoms with E-state index in [1.165, 1.54) is 28.6 Å². The molecule has 0 unspecified atom stereocenters. The predicted octanol–water partition coefficient (Wildman–Crippen LogP) is 3.50. The molecule has 1 fully saturated rings. The SMILES string of the molecule is CCCn1c(NC(=O)c2ccc(S(=O)(=O)N3C[C@H](C)O[C@@H](C)C3)cc2)nc2ccccc21. The molecule has 2 heterocycles. The van der Waals surface area contributed by atoms with E-state index in [-0.39, 0.29) is 23.0 Å². The molecule has 1 aliphatic heterocycles. The van der Waals surface area contributed by atoms with Crippen molar-refractivity contribution >= 4 is 32.9 Å². The van der Waals surface area contributed by atoms with Gasteiger partial charge < -0.3 is 9.30 Å². The summed E-state index contributed by atoms with van der Waals surface area (Å²) in [5.41, 5.74) is 2.13. The zero-order chi connectivity index (χ0) is 22.9. The number of carbonyl (C=O) groups is 1. The smallest absolute Gasteiger partial charge is 0.257 e. The van der Waals surface area contributed by atoms with Crippen LogP contribution in [0.4, 0.5) is 5.95 Å². The average Bonchev–Trinajstić information content (AvgIpc) is 3.10. The minimum Gasteiger partial charge on any atom is -0.373 e. The van der Waals surface area contributed by atoms with E-state index in [9.17, 15) is 13.2 Å². The van der Waals surface area contributed by atoms with Crippen LogP contribution >= 0.6 is 0 Å². The molecule has 0 aliphatic carbocycles. The molecule has 4 rings (SSSR count). The number of carbonyl (C=O) groups excluding carboxylic acids is 1. The molecule has 0 saturated carbocycles. The maximum Gasteiger partial charge on any atom is 0.257 e. The molecule has 0 spiro atoms. The molecule has 2 aromatic carbocycles. The third-order valence-corrected chi connectivity index (χ3v) is 7.31. The molecule has 0 bridgehead atoms. The second-order valence-electron chi connectivity index (χ2n) is 8.13. The number of morpholine rings is 1. The molecular formula is C23H28N4O4S. The van der Waals surface area contributed by atoms with Gasteiger partial charge in [-0.2, -0.15) is 4.31 Å². The van der Waals surface area contributed by atoms with Crippen LogP contribution in [-0.4, -0.2) is 53.5 Å². The number of aryl methyl sites for hydroxylation is 1. The zero-order valence-corrected chi connectivity index (χ0v) is 19.3. The van der Waals surface area contributed by atoms with E-state index in [0.717, 1.165) is 24.0 Å². The summed E-state index contributed by atoms with van der Waals surface area (Å²) in [6, 6.07) is 13.7. The van der Waals surface area contributed by atoms with Gasteiger partial charge in [0.05, 0.1) is 28.1 Å². The number of rotatable bonds is 6. The molecule has 8 nitrogen and oxygen atoms in total. The van der Waals surface area contributed by atoms with Crippen LogP contribution in [0.15, 0.2) is 53.4 Å². The molecule has 1 saturated heterocycles. The van der Waals surface area contributed by atoms with Crippen LogP contribution in [0.2, 0.25) is 0 Å². The number of imidazole rings is 1. The van der Waals surface area contributed by atoms with E-state index < -0.39 is 10.0 Å². The monoisotopic (exact) mass is 456 g/mol. The van der Waals surface area contributed by atoms with Gasteiger partial charge in [0.2, 0.25) is 16.0 Å². The van der Waals surface area contributed by atoms with Crippen molar-refractivity contribution in [3.63, 3.8) is 0 Å². The molecule has 1 amide bonds. The van der Waals surface area contributed by atoms with Crippen molar-refractivity contribution in [2.75, 3.05) is 18.4 Å². The Bertz CT molecular complexity index is 1210. The third kappa shape index (κ3) is 4.41. The van der Waals surface area contributed by atoms with Gasteiger partial charge in [-0.25, -0.2) is 13.4 Å². The lowest BCUT2D eigenvalue weighted by atomic mass is 10.2. The van der Waals surface area contributed by atoms with Crippen molar-refractivity contribution in [1.82, 2.24) is 13.9 Å². The molecule has 9 heteroatoms. The van der Waals surface area contributed by atoms with Gasteiger partial charge in [-0.05, 0) is 56.7 Å². The number of ether oxygens (including phenoxy) is 1. The molecule has 1 N–H and O–H groups in total. The summed E-state index contributed by atoms with van der Waals surface area (Å²) < 4.78 is 35.1. The van der Waals surface area contributed by atoms with Crippen LogP contribution in [0.3, 0.4) is 0 Å². The minimum absolute atomic E-state index is 0.161. The number of sulfonamides is 1. The van der Waals surface area contributed by atoms with Gasteiger partial charge in [0.25, 0.3) is 5.91 Å². The second-order valence-corrected chi connectivity index (χ2v) is 10.1. The summed E-state index contributed by atoms with van der Waals surface area (Å²) in [5, 5.41) is 2.87. The summed E-state index contributed by atoms with van der Waals surface area (Å²) in [6.45, 7) is 7.12. The lowest BCUT2D eigenvalue weighted by Gasteiger charge is -2.34. The molecule has 1 aliphatic rings. The topological polar surface area (TPSA) is 93.5 Å². The van der Waals surface area contributed by atoms with Crippen molar-refractivity contribution in [3.8, 4) is 0 Å². The van der Waals surface area contributed by atoms with Crippen LogP contribution in [0.1, 0.15) is 37.6 Å². The number of hydrogen-bond acceptors (Lipinski definition) is 5. The van der Waals surface area contributed by atoms with Crippen LogP contribution in [-0.2, 0) is 21.3 Å². The maximum absolute atomic E-state index is 13.0. The first-order valence-electron chi connectivity index (χ1n) is 10.8. The fourth-order valence-electron chi connectivity index (χ4n) is 4.05. The fraction of sp³-hybridized carbons (Fsp3) is 0.391. The highest BCUT2D eigenvalue weighted by Crippen LogP contribution is 2.23. The molecule has 32 heavy (non-hydrogen) atoms. The first kappa shape index (κ1) is 22.4. The summed E-state index contributed by atoms with van der Waals surface area (Å²) in [7, 11) is -3.66. The number of nitrogens with one attached hydrogen (secondary N) is 1. The molecule has 3 aromatic rings. The van der Waals surface area contributed by atoms with Gasteiger partial charge in [-0.3, -0.25) is 10.1 Å². The normalized spacial score (nSPS) is 19.8. The Morgan fingerprint density at radius 2 is 1.75 bits per heavy atom. The van der Waals surface area contributed by atoms with Gasteiger partial charge in [0.1, 0.15) is 0 Å². The summed E-state index contributed by atoms with van der Waals surface area (Å²) >= 11 is 0. The lowest BCUT2D eigenvalue weighted by Crippen LogP contribution is -2.48. The predicted molar refractivity (Wildman–Crippen MR) is 123 cm³/mol. The highest BCUT2D eigenvalue weighted by molar-refractivity contribution is 7.89. The fourth-order valence-corrected chi connectivity index (χ4v) is 5.64. The largest absolute Gasteiger partial charge is 0.373 e. The number of nitrogens with zero attached hydrogens (tertiary/aromatic N) is 3. The number of hydrogen-bond donors (Lipinski definition) is 1. The Hall–Kier alpha value is -2.75. The second kappa shape index (κ2) is 9.01. The Labute approximate surface area is 188 Å². The maximum atomic E-state index is 13.0. The lowest BCUT2D eigenvalue weighted by molar-refractivity contribution is -0.0440. The van der Waals surface area contributed by atoms with Crippen LogP contribution < -0.4 is 5.32 Å². The van der Waals surface area contributed by atoms with Crippen molar-refractivity contribution < 1.29 is 17.9 Å². The van der Waals surface area contributed by atoms with E-state index >= 15 is 0 Å². The Morgan fingerprint density at radius 3 is 2.41 bits per heavy atom. The summed E-state index contributed by atoms with van der Waals surface area (Å²) in [5.74, 6) is 0.140. The first-order chi connectivity index (χ1) is 15.3. The number of anilines is 1. The number of aromatic nitrogens is 2. The minimum atomic E-state index is -3.66. The highest BCUT2D eigenvalue weighted by Gasteiger charge is 2.32. The molecule has 0 radical (unpaired) electrons. The number of amides is 1. The summed E-state index contributed by atoms with van der Waals surface area (Å²) in [4.78, 5) is 17.6. The Morgan fingerprint density at radius 1 is 1.09 bits per heavy atom. The molecule has 2 atom stereocenters. The van der Waals surface area contributed by atoms with Crippen LogP contribution in [0, 0.1) is 0 Å². The van der Waals surface area contributed by atoms with Crippen molar-refractivity contribution in [2.24, 2.45) is 0 Å². The number of benzene rings is 2. The number of fused-ring (bicyclic) bond motifs is 1. The van der Waals surface area contributed by atoms with Gasteiger partial charge in [-0.15, -0.1) is 0 Å². The van der Waals surface area contributed by atoms with Gasteiger partial charge in [0.15, 0.2) is 0 Å². The van der Waals surface area contributed by atoms with E-state index in [2.05, 4.69) is 17.2 Å². The Balaban J connectivity index is 1.54. The zero-order valence-electron chi connectivity index (χ0n) is 18.5. The van der Waals surface area contributed by atoms with Crippen LogP contribution in [0.5, 0.6) is 0 Å². The van der Waals surface area contributed by atoms with E-state index in [1.54, 1.807) is 0 Å². The van der Waals surface area contributed by atoms with Gasteiger partial charge in [-0.1, -0.05) is 19.1 Å². The molecular weight excluding hydrogens is 428 g/mol. The van der Waals surface area contributed by atoms with Gasteiger partial charge >= 0.3 is 0 Å². The molecule has 170 valence electrons. The number of para-hydroxylation sites is 2. The summed E-state index contributed by atoms with van der Waals surface area (Å²) in [6.07, 6.45) is 0.566. The van der Waals surface area contributed by atoms with E-state index in [1.807, 2.05) is 42.7 Å². The standard InChI is InChI=1S/C23H28N4O4S/c1-4-13-27-21-8-6-5-7-20(21)24-23(27)25-22(28)18-9-11-19(12-10-18)32(29,30)26-14-16(2)31-17(3)15-26/h5-12,16-17H,4,13-15H2,1-3H3,(H,24,25,28)/t16-,17-/m0/s1.